The van der Waals surface area contributed by atoms with E-state index in [0.29, 0.717) is 11.3 Å². The third-order valence-electron chi connectivity index (χ3n) is 3.33. The van der Waals surface area contributed by atoms with Crippen LogP contribution in [0.3, 0.4) is 0 Å². The molecule has 0 saturated heterocycles. The van der Waals surface area contributed by atoms with Crippen LogP contribution in [0.25, 0.3) is 26.4 Å². The predicted molar refractivity (Wildman–Crippen MR) is 80.8 cm³/mol. The van der Waals surface area contributed by atoms with Crippen LogP contribution in [0.15, 0.2) is 48.9 Å². The number of hydrogen-bond acceptors (Lipinski definition) is 4. The highest BCUT2D eigenvalue weighted by Crippen LogP contribution is 2.30. The molecule has 0 aliphatic heterocycles. The zero-order chi connectivity index (χ0) is 14.4. The average Bonchev–Trinajstić information content (AvgIpc) is 3.04. The molecular weight excluding hydrogens is 286 g/mol. The number of carboxylic acids is 1. The smallest absolute Gasteiger partial charge is 0.336 e. The van der Waals surface area contributed by atoms with Gasteiger partial charge in [0.15, 0.2) is 4.96 Å². The fraction of sp³-hybridized carbons (Fsp3) is 0. The van der Waals surface area contributed by atoms with Crippen molar-refractivity contribution in [2.24, 2.45) is 0 Å². The Labute approximate surface area is 123 Å². The molecule has 102 valence electrons. The first-order chi connectivity index (χ1) is 10.2. The summed E-state index contributed by atoms with van der Waals surface area (Å²) in [5.74, 6) is -0.950. The summed E-state index contributed by atoms with van der Waals surface area (Å²) in [6, 6.07) is 8.83. The number of aromatic nitrogens is 3. The molecule has 1 N–H and O–H groups in total. The zero-order valence-corrected chi connectivity index (χ0v) is 11.5. The molecule has 0 radical (unpaired) electrons. The van der Waals surface area contributed by atoms with Crippen molar-refractivity contribution < 1.29 is 9.90 Å². The lowest BCUT2D eigenvalue weighted by molar-refractivity contribution is 0.0697. The van der Waals surface area contributed by atoms with Crippen molar-refractivity contribution in [3.05, 3.63) is 54.5 Å². The van der Waals surface area contributed by atoms with E-state index in [4.69, 9.17) is 0 Å². The van der Waals surface area contributed by atoms with Gasteiger partial charge in [-0.2, -0.15) is 0 Å². The molecule has 4 aromatic rings. The molecule has 5 nitrogen and oxygen atoms in total. The van der Waals surface area contributed by atoms with Crippen LogP contribution in [-0.4, -0.2) is 25.4 Å². The highest BCUT2D eigenvalue weighted by Gasteiger charge is 2.15. The van der Waals surface area contributed by atoms with E-state index in [0.717, 1.165) is 15.2 Å². The minimum Gasteiger partial charge on any atom is -0.478 e. The number of carboxylic acid groups (broad SMARTS) is 1. The minimum absolute atomic E-state index is 0.255. The Morgan fingerprint density at radius 1 is 1.24 bits per heavy atom. The Bertz CT molecular complexity index is 987. The van der Waals surface area contributed by atoms with Crippen LogP contribution in [0.4, 0.5) is 0 Å². The number of rotatable bonds is 2. The van der Waals surface area contributed by atoms with E-state index in [1.54, 1.807) is 41.9 Å². The summed E-state index contributed by atoms with van der Waals surface area (Å²) >= 11 is 1.56. The number of fused-ring (bicyclic) bond motifs is 3. The molecule has 0 spiro atoms. The van der Waals surface area contributed by atoms with Gasteiger partial charge in [0, 0.05) is 18.0 Å². The summed E-state index contributed by atoms with van der Waals surface area (Å²) in [5.41, 5.74) is 2.51. The maximum atomic E-state index is 11.3. The van der Waals surface area contributed by atoms with E-state index in [1.165, 1.54) is 0 Å². The maximum absolute atomic E-state index is 11.3. The first-order valence-electron chi connectivity index (χ1n) is 6.28. The van der Waals surface area contributed by atoms with Crippen LogP contribution in [0.1, 0.15) is 10.4 Å². The monoisotopic (exact) mass is 295 g/mol. The van der Waals surface area contributed by atoms with Crippen molar-refractivity contribution in [2.45, 2.75) is 0 Å². The van der Waals surface area contributed by atoms with Gasteiger partial charge in [0.25, 0.3) is 0 Å². The number of pyridine rings is 1. The Morgan fingerprint density at radius 2 is 2.10 bits per heavy atom. The number of hydrogen-bond donors (Lipinski definition) is 1. The van der Waals surface area contributed by atoms with E-state index in [2.05, 4.69) is 9.97 Å². The predicted octanol–water partition coefficient (Wildman–Crippen LogP) is 3.31. The lowest BCUT2D eigenvalue weighted by atomic mass is 10.1. The molecule has 0 unspecified atom stereocenters. The van der Waals surface area contributed by atoms with Crippen molar-refractivity contribution in [3.8, 4) is 11.3 Å². The van der Waals surface area contributed by atoms with Crippen LogP contribution in [0, 0.1) is 0 Å². The van der Waals surface area contributed by atoms with Gasteiger partial charge < -0.3 is 5.11 Å². The number of carbonyl (C=O) groups is 1. The van der Waals surface area contributed by atoms with Gasteiger partial charge in [-0.3, -0.25) is 9.38 Å². The van der Waals surface area contributed by atoms with Gasteiger partial charge in [-0.25, -0.2) is 9.78 Å². The van der Waals surface area contributed by atoms with Gasteiger partial charge in [-0.15, -0.1) is 0 Å². The van der Waals surface area contributed by atoms with Crippen molar-refractivity contribution in [1.29, 1.82) is 0 Å². The SMILES string of the molecule is O=C(O)c1ccccc1-c1cn2c(n1)sc1ccncc12. The zero-order valence-electron chi connectivity index (χ0n) is 10.7. The second kappa shape index (κ2) is 4.39. The van der Waals surface area contributed by atoms with Crippen LogP contribution < -0.4 is 0 Å². The summed E-state index contributed by atoms with van der Waals surface area (Å²) in [6.45, 7) is 0. The summed E-state index contributed by atoms with van der Waals surface area (Å²) in [7, 11) is 0. The van der Waals surface area contributed by atoms with Crippen molar-refractivity contribution in [1.82, 2.24) is 14.4 Å². The van der Waals surface area contributed by atoms with E-state index < -0.39 is 5.97 Å². The molecule has 3 aromatic heterocycles. The topological polar surface area (TPSA) is 67.5 Å². The van der Waals surface area contributed by atoms with Crippen molar-refractivity contribution >= 4 is 32.5 Å². The third kappa shape index (κ3) is 1.80. The minimum atomic E-state index is -0.950. The van der Waals surface area contributed by atoms with Crippen LogP contribution in [0.5, 0.6) is 0 Å². The standard InChI is InChI=1S/C15H9N3O2S/c19-14(20)10-4-2-1-3-9(10)11-8-18-12-7-16-6-5-13(12)21-15(18)17-11/h1-8H,(H,19,20). The van der Waals surface area contributed by atoms with Crippen molar-refractivity contribution in [3.63, 3.8) is 0 Å². The molecule has 3 heterocycles. The summed E-state index contributed by atoms with van der Waals surface area (Å²) in [6.07, 6.45) is 5.39. The second-order valence-corrected chi connectivity index (χ2v) is 5.58. The van der Waals surface area contributed by atoms with Gasteiger partial charge in [-0.1, -0.05) is 29.5 Å². The highest BCUT2D eigenvalue weighted by molar-refractivity contribution is 7.23. The quantitative estimate of drug-likeness (QED) is 0.616. The summed E-state index contributed by atoms with van der Waals surface area (Å²) in [4.78, 5) is 20.8. The van der Waals surface area contributed by atoms with Crippen LogP contribution >= 0.6 is 11.3 Å². The molecule has 0 aliphatic carbocycles. The van der Waals surface area contributed by atoms with E-state index in [9.17, 15) is 9.90 Å². The number of benzene rings is 1. The van der Waals surface area contributed by atoms with Gasteiger partial charge in [0.05, 0.1) is 27.7 Å². The second-order valence-electron chi connectivity index (χ2n) is 4.57. The molecule has 0 saturated carbocycles. The van der Waals surface area contributed by atoms with Gasteiger partial charge in [0.2, 0.25) is 0 Å². The fourth-order valence-corrected chi connectivity index (χ4v) is 3.34. The highest BCUT2D eigenvalue weighted by atomic mass is 32.1. The lowest BCUT2D eigenvalue weighted by Crippen LogP contribution is -1.98. The Balaban J connectivity index is 1.98. The number of nitrogens with zero attached hydrogens (tertiary/aromatic N) is 3. The normalized spacial score (nSPS) is 11.2. The Kier molecular flexibility index (Phi) is 2.52. The molecule has 0 fully saturated rings. The van der Waals surface area contributed by atoms with Crippen LogP contribution in [-0.2, 0) is 0 Å². The van der Waals surface area contributed by atoms with Crippen molar-refractivity contribution in [2.75, 3.05) is 0 Å². The largest absolute Gasteiger partial charge is 0.478 e. The molecule has 1 aromatic carbocycles. The van der Waals surface area contributed by atoms with Gasteiger partial charge in [-0.05, 0) is 12.1 Å². The molecule has 6 heteroatoms. The molecule has 4 rings (SSSR count). The van der Waals surface area contributed by atoms with E-state index >= 15 is 0 Å². The lowest BCUT2D eigenvalue weighted by Gasteiger charge is -2.01. The number of aromatic carboxylic acids is 1. The Hall–Kier alpha value is -2.73. The molecule has 0 amide bonds. The third-order valence-corrected chi connectivity index (χ3v) is 4.36. The molecule has 21 heavy (non-hydrogen) atoms. The fourth-order valence-electron chi connectivity index (χ4n) is 2.37. The maximum Gasteiger partial charge on any atom is 0.336 e. The summed E-state index contributed by atoms with van der Waals surface area (Å²) < 4.78 is 3.05. The van der Waals surface area contributed by atoms with Gasteiger partial charge in [0.1, 0.15) is 0 Å². The number of thiazole rings is 1. The summed E-state index contributed by atoms with van der Waals surface area (Å²) in [5, 5.41) is 9.28. The molecular formula is C15H9N3O2S. The Morgan fingerprint density at radius 3 is 2.95 bits per heavy atom. The van der Waals surface area contributed by atoms with E-state index in [-0.39, 0.29) is 5.56 Å². The number of imidazole rings is 1. The van der Waals surface area contributed by atoms with Crippen LogP contribution in [0.2, 0.25) is 0 Å². The molecule has 0 bridgehead atoms. The molecule has 0 aliphatic rings. The van der Waals surface area contributed by atoms with E-state index in [1.807, 2.05) is 22.7 Å². The first-order valence-corrected chi connectivity index (χ1v) is 7.10. The van der Waals surface area contributed by atoms with Gasteiger partial charge >= 0.3 is 5.97 Å². The molecule has 0 atom stereocenters. The first kappa shape index (κ1) is 12.0. The average molecular weight is 295 g/mol.